The first-order chi connectivity index (χ1) is 5.29. The second-order valence-electron chi connectivity index (χ2n) is 2.51. The highest BCUT2D eigenvalue weighted by atomic mass is 79.9. The summed E-state index contributed by atoms with van der Waals surface area (Å²) < 4.78 is 2.17. The Balaban J connectivity index is 0.00000121. The molecule has 1 heterocycles. The Hall–Kier alpha value is 0.0700. The van der Waals surface area contributed by atoms with Crippen LogP contribution in [0.4, 0.5) is 0 Å². The quantitative estimate of drug-likeness (QED) is 0.600. The van der Waals surface area contributed by atoms with Crippen molar-refractivity contribution in [1.82, 2.24) is 0 Å². The zero-order valence-electron chi connectivity index (χ0n) is 7.38. The third kappa shape index (κ3) is 2.54. The van der Waals surface area contributed by atoms with E-state index in [-0.39, 0.29) is 23.6 Å². The number of thiazole rings is 1. The van der Waals surface area contributed by atoms with Crippen LogP contribution < -0.4 is 21.5 Å². The van der Waals surface area contributed by atoms with E-state index in [0.29, 0.717) is 0 Å². The van der Waals surface area contributed by atoms with Gasteiger partial charge in [-0.25, -0.2) is 0 Å². The fourth-order valence-corrected chi connectivity index (χ4v) is 2.18. The molecule has 1 aromatic heterocycles. The van der Waals surface area contributed by atoms with Crippen molar-refractivity contribution in [3.8, 4) is 0 Å². The van der Waals surface area contributed by atoms with Crippen molar-refractivity contribution in [1.29, 1.82) is 0 Å². The summed E-state index contributed by atoms with van der Waals surface area (Å²) in [4.78, 5) is 0. The lowest BCUT2D eigenvalue weighted by Crippen LogP contribution is -3.00. The monoisotopic (exact) mass is 251 g/mol. The van der Waals surface area contributed by atoms with Gasteiger partial charge in [0, 0.05) is 6.42 Å². The van der Waals surface area contributed by atoms with E-state index in [9.17, 15) is 0 Å². The maximum atomic E-state index is 8.72. The van der Waals surface area contributed by atoms with Crippen molar-refractivity contribution in [2.45, 2.75) is 19.8 Å². The van der Waals surface area contributed by atoms with Gasteiger partial charge in [-0.1, -0.05) is 18.3 Å². The van der Waals surface area contributed by atoms with Gasteiger partial charge in [0.25, 0.3) is 0 Å². The van der Waals surface area contributed by atoms with Gasteiger partial charge in [0.15, 0.2) is 5.69 Å². The Labute approximate surface area is 87.6 Å². The lowest BCUT2D eigenvalue weighted by atomic mass is 10.3. The van der Waals surface area contributed by atoms with Crippen LogP contribution in [0.5, 0.6) is 0 Å². The highest BCUT2D eigenvalue weighted by Gasteiger charge is 2.12. The Morgan fingerprint density at radius 3 is 2.67 bits per heavy atom. The first-order valence-corrected chi connectivity index (χ1v) is 4.73. The van der Waals surface area contributed by atoms with Gasteiger partial charge < -0.3 is 22.1 Å². The van der Waals surface area contributed by atoms with Gasteiger partial charge in [0.05, 0.1) is 18.4 Å². The van der Waals surface area contributed by atoms with Crippen LogP contribution in [0.3, 0.4) is 0 Å². The fourth-order valence-electron chi connectivity index (χ4n) is 1.10. The molecule has 0 unspecified atom stereocenters. The molecule has 0 atom stereocenters. The Morgan fingerprint density at radius 1 is 1.58 bits per heavy atom. The average Bonchev–Trinajstić information content (AvgIpc) is 2.34. The molecule has 12 heavy (non-hydrogen) atoms. The molecule has 1 aromatic rings. The summed E-state index contributed by atoms with van der Waals surface area (Å²) in [6.07, 6.45) is 1.85. The predicted octanol–water partition coefficient (Wildman–Crippen LogP) is -2.33. The molecule has 0 saturated heterocycles. The SMILES string of the molecule is CCc1csc(CCO)[n+]1C.[Br-]. The van der Waals surface area contributed by atoms with Gasteiger partial charge in [0.2, 0.25) is 5.01 Å². The number of hydrogen-bond donors (Lipinski definition) is 1. The standard InChI is InChI=1S/C8H14NOS.BrH/c1-3-7-6-11-8(4-5-10)9(7)2;/h6,10H,3-5H2,1-2H3;1H/q+1;/p-1. The van der Waals surface area contributed by atoms with E-state index in [0.717, 1.165) is 12.8 Å². The van der Waals surface area contributed by atoms with Crippen LogP contribution >= 0.6 is 11.3 Å². The molecule has 0 aliphatic heterocycles. The largest absolute Gasteiger partial charge is 1.00 e. The summed E-state index contributed by atoms with van der Waals surface area (Å²) in [5.41, 5.74) is 1.35. The lowest BCUT2D eigenvalue weighted by Gasteiger charge is -1.90. The first-order valence-electron chi connectivity index (χ1n) is 3.85. The lowest BCUT2D eigenvalue weighted by molar-refractivity contribution is -0.681. The van der Waals surface area contributed by atoms with E-state index < -0.39 is 0 Å². The van der Waals surface area contributed by atoms with Crippen LogP contribution in [0.25, 0.3) is 0 Å². The Kier molecular flexibility index (Phi) is 5.70. The topological polar surface area (TPSA) is 24.1 Å². The number of aryl methyl sites for hydroxylation is 1. The van der Waals surface area contributed by atoms with Gasteiger partial charge in [0.1, 0.15) is 7.05 Å². The van der Waals surface area contributed by atoms with Crippen LogP contribution in [-0.2, 0) is 19.9 Å². The highest BCUT2D eigenvalue weighted by molar-refractivity contribution is 7.09. The van der Waals surface area contributed by atoms with Crippen LogP contribution in [-0.4, -0.2) is 11.7 Å². The minimum Gasteiger partial charge on any atom is -1.00 e. The zero-order valence-corrected chi connectivity index (χ0v) is 9.78. The van der Waals surface area contributed by atoms with Crippen molar-refractivity contribution in [3.05, 3.63) is 16.1 Å². The molecule has 0 aliphatic rings. The van der Waals surface area contributed by atoms with Crippen LogP contribution in [0.2, 0.25) is 0 Å². The number of aromatic nitrogens is 1. The maximum absolute atomic E-state index is 8.72. The van der Waals surface area contributed by atoms with Gasteiger partial charge in [-0.15, -0.1) is 0 Å². The number of nitrogens with zero attached hydrogens (tertiary/aromatic N) is 1. The van der Waals surface area contributed by atoms with Crippen LogP contribution in [0.1, 0.15) is 17.6 Å². The summed E-state index contributed by atoms with van der Waals surface area (Å²) in [5.74, 6) is 0. The van der Waals surface area contributed by atoms with E-state index in [2.05, 4.69) is 23.9 Å². The summed E-state index contributed by atoms with van der Waals surface area (Å²) in [6.45, 7) is 2.39. The molecular formula is C8H14BrNOS. The fraction of sp³-hybridized carbons (Fsp3) is 0.625. The number of hydrogen-bond acceptors (Lipinski definition) is 2. The predicted molar refractivity (Wildman–Crippen MR) is 45.7 cm³/mol. The van der Waals surface area contributed by atoms with Crippen molar-refractivity contribution < 1.29 is 26.7 Å². The summed E-state index contributed by atoms with van der Waals surface area (Å²) in [7, 11) is 2.06. The molecule has 0 radical (unpaired) electrons. The molecule has 0 aliphatic carbocycles. The number of halogens is 1. The van der Waals surface area contributed by atoms with Gasteiger partial charge in [-0.3, -0.25) is 0 Å². The molecule has 1 N–H and O–H groups in total. The van der Waals surface area contributed by atoms with Crippen molar-refractivity contribution in [3.63, 3.8) is 0 Å². The second-order valence-corrected chi connectivity index (χ2v) is 3.45. The van der Waals surface area contributed by atoms with E-state index in [1.807, 2.05) is 0 Å². The molecule has 70 valence electrons. The average molecular weight is 252 g/mol. The van der Waals surface area contributed by atoms with Crippen LogP contribution in [0.15, 0.2) is 5.38 Å². The normalized spacial score (nSPS) is 9.58. The zero-order chi connectivity index (χ0) is 8.27. The molecule has 0 aromatic carbocycles. The summed E-state index contributed by atoms with van der Waals surface area (Å²) >= 11 is 1.73. The maximum Gasteiger partial charge on any atom is 0.239 e. The molecular weight excluding hydrogens is 238 g/mol. The molecule has 0 fully saturated rings. The molecule has 0 bridgehead atoms. The third-order valence-corrected chi connectivity index (χ3v) is 2.96. The van der Waals surface area contributed by atoms with E-state index in [4.69, 9.17) is 5.11 Å². The number of aliphatic hydroxyl groups excluding tert-OH is 1. The number of rotatable bonds is 3. The van der Waals surface area contributed by atoms with Gasteiger partial charge in [-0.2, -0.15) is 4.57 Å². The van der Waals surface area contributed by atoms with Crippen molar-refractivity contribution in [2.75, 3.05) is 6.61 Å². The van der Waals surface area contributed by atoms with Crippen molar-refractivity contribution >= 4 is 11.3 Å². The van der Waals surface area contributed by atoms with E-state index in [1.165, 1.54) is 10.7 Å². The molecule has 0 amide bonds. The smallest absolute Gasteiger partial charge is 0.239 e. The van der Waals surface area contributed by atoms with Crippen LogP contribution in [0, 0.1) is 0 Å². The highest BCUT2D eigenvalue weighted by Crippen LogP contribution is 2.07. The molecule has 4 heteroatoms. The second kappa shape index (κ2) is 5.67. The minimum absolute atomic E-state index is 0. The van der Waals surface area contributed by atoms with Gasteiger partial charge >= 0.3 is 0 Å². The van der Waals surface area contributed by atoms with Crippen molar-refractivity contribution in [2.24, 2.45) is 7.05 Å². The Bertz CT molecular complexity index is 237. The minimum atomic E-state index is 0. The molecule has 0 saturated carbocycles. The third-order valence-electron chi connectivity index (χ3n) is 1.82. The van der Waals surface area contributed by atoms with Gasteiger partial charge in [-0.05, 0) is 0 Å². The molecule has 1 rings (SSSR count). The summed E-state index contributed by atoms with van der Waals surface area (Å²) in [6, 6.07) is 0. The Morgan fingerprint density at radius 2 is 2.25 bits per heavy atom. The summed E-state index contributed by atoms with van der Waals surface area (Å²) in [5, 5.41) is 12.1. The molecule has 2 nitrogen and oxygen atoms in total. The first kappa shape index (κ1) is 12.1. The molecule has 0 spiro atoms. The van der Waals surface area contributed by atoms with E-state index >= 15 is 0 Å². The van der Waals surface area contributed by atoms with E-state index in [1.54, 1.807) is 11.3 Å². The number of aliphatic hydroxyl groups is 1.